The van der Waals surface area contributed by atoms with Crippen LogP contribution in [0.1, 0.15) is 65.1 Å². The summed E-state index contributed by atoms with van der Waals surface area (Å²) < 4.78 is 3.44. The highest BCUT2D eigenvalue weighted by Crippen LogP contribution is 2.09. The average molecular weight is 365 g/mol. The van der Waals surface area contributed by atoms with Crippen LogP contribution in [0, 0.1) is 5.92 Å². The number of aromatic nitrogens is 3. The highest BCUT2D eigenvalue weighted by molar-refractivity contribution is 5.79. The lowest BCUT2D eigenvalue weighted by Crippen LogP contribution is -2.38. The van der Waals surface area contributed by atoms with Crippen LogP contribution in [0.5, 0.6) is 0 Å². The van der Waals surface area contributed by atoms with Gasteiger partial charge < -0.3 is 10.6 Å². The zero-order chi connectivity index (χ0) is 18.8. The van der Waals surface area contributed by atoms with Gasteiger partial charge in [-0.3, -0.25) is 9.56 Å². The van der Waals surface area contributed by atoms with E-state index in [0.29, 0.717) is 13.1 Å². The molecule has 2 rings (SSSR count). The molecule has 26 heavy (non-hydrogen) atoms. The maximum atomic E-state index is 12.3. The van der Waals surface area contributed by atoms with Gasteiger partial charge in [-0.25, -0.2) is 9.48 Å². The van der Waals surface area contributed by atoms with Crippen molar-refractivity contribution in [3.8, 4) is 0 Å². The van der Waals surface area contributed by atoms with Crippen molar-refractivity contribution in [2.24, 2.45) is 10.9 Å². The first-order chi connectivity index (χ1) is 12.6. The summed E-state index contributed by atoms with van der Waals surface area (Å²) in [6.07, 6.45) is 7.65. The van der Waals surface area contributed by atoms with Gasteiger partial charge in [-0.15, -0.1) is 0 Å². The summed E-state index contributed by atoms with van der Waals surface area (Å²) >= 11 is 0. The quantitative estimate of drug-likeness (QED) is 0.379. The van der Waals surface area contributed by atoms with Crippen LogP contribution in [-0.2, 0) is 19.5 Å². The molecular formula is C19H36N6O. The van der Waals surface area contributed by atoms with Crippen molar-refractivity contribution >= 4 is 5.96 Å². The van der Waals surface area contributed by atoms with Crippen molar-refractivity contribution in [2.45, 2.75) is 78.8 Å². The molecule has 2 heterocycles. The Bertz CT molecular complexity index is 616. The van der Waals surface area contributed by atoms with E-state index in [-0.39, 0.29) is 5.69 Å². The second-order valence-electron chi connectivity index (χ2n) is 7.46. The van der Waals surface area contributed by atoms with E-state index in [9.17, 15) is 4.79 Å². The molecule has 1 aliphatic heterocycles. The topological polar surface area (TPSA) is 76.2 Å². The minimum absolute atomic E-state index is 0.0406. The van der Waals surface area contributed by atoms with Gasteiger partial charge in [0.25, 0.3) is 0 Å². The Labute approximate surface area is 157 Å². The lowest BCUT2D eigenvalue weighted by Gasteiger charge is -2.11. The van der Waals surface area contributed by atoms with Crippen molar-refractivity contribution in [3.05, 3.63) is 16.3 Å². The third kappa shape index (κ3) is 6.50. The third-order valence-electron chi connectivity index (χ3n) is 4.67. The highest BCUT2D eigenvalue weighted by Gasteiger charge is 2.16. The van der Waals surface area contributed by atoms with Crippen LogP contribution in [0.15, 0.2) is 9.79 Å². The minimum Gasteiger partial charge on any atom is -0.357 e. The molecule has 0 fully saturated rings. The van der Waals surface area contributed by atoms with Crippen molar-refractivity contribution in [3.63, 3.8) is 0 Å². The monoisotopic (exact) mass is 364 g/mol. The van der Waals surface area contributed by atoms with E-state index in [1.54, 1.807) is 4.68 Å². The third-order valence-corrected chi connectivity index (χ3v) is 4.67. The fourth-order valence-electron chi connectivity index (χ4n) is 3.23. The molecule has 1 aliphatic rings. The summed E-state index contributed by atoms with van der Waals surface area (Å²) in [4.78, 5) is 16.9. The molecule has 0 bridgehead atoms. The molecule has 0 radical (unpaired) electrons. The van der Waals surface area contributed by atoms with E-state index in [4.69, 9.17) is 0 Å². The largest absolute Gasteiger partial charge is 0.357 e. The maximum Gasteiger partial charge on any atom is 0.345 e. The molecule has 1 aromatic heterocycles. The van der Waals surface area contributed by atoms with Crippen molar-refractivity contribution in [1.82, 2.24) is 25.0 Å². The predicted octanol–water partition coefficient (Wildman–Crippen LogP) is 2.15. The SMILES string of the molecule is CCNC(=NCCCn1nc2n(c1=O)CCCC2)NCCCCC(C)C. The lowest BCUT2D eigenvalue weighted by molar-refractivity contribution is 0.509. The van der Waals surface area contributed by atoms with E-state index in [0.717, 1.165) is 69.4 Å². The Morgan fingerprint density at radius 2 is 2.08 bits per heavy atom. The minimum atomic E-state index is 0.0406. The van der Waals surface area contributed by atoms with Gasteiger partial charge in [-0.2, -0.15) is 5.10 Å². The van der Waals surface area contributed by atoms with E-state index < -0.39 is 0 Å². The second-order valence-corrected chi connectivity index (χ2v) is 7.46. The molecular weight excluding hydrogens is 328 g/mol. The van der Waals surface area contributed by atoms with Crippen LogP contribution < -0.4 is 16.3 Å². The predicted molar refractivity (Wildman–Crippen MR) is 107 cm³/mol. The molecule has 2 N–H and O–H groups in total. The number of aliphatic imine (C=N–C) groups is 1. The summed E-state index contributed by atoms with van der Waals surface area (Å²) in [6, 6.07) is 0. The molecule has 0 unspecified atom stereocenters. The molecule has 0 saturated heterocycles. The highest BCUT2D eigenvalue weighted by atomic mass is 16.2. The molecule has 0 aliphatic carbocycles. The van der Waals surface area contributed by atoms with Gasteiger partial charge in [-0.1, -0.05) is 26.7 Å². The van der Waals surface area contributed by atoms with Crippen molar-refractivity contribution in [1.29, 1.82) is 0 Å². The Morgan fingerprint density at radius 1 is 1.23 bits per heavy atom. The van der Waals surface area contributed by atoms with Crippen LogP contribution >= 0.6 is 0 Å². The van der Waals surface area contributed by atoms with Gasteiger partial charge in [0.2, 0.25) is 0 Å². The van der Waals surface area contributed by atoms with E-state index in [2.05, 4.69) is 41.5 Å². The first-order valence-electron chi connectivity index (χ1n) is 10.3. The number of nitrogens with one attached hydrogen (secondary N) is 2. The molecule has 148 valence electrons. The summed E-state index contributed by atoms with van der Waals surface area (Å²) in [5.41, 5.74) is 0.0406. The molecule has 0 saturated carbocycles. The van der Waals surface area contributed by atoms with Gasteiger partial charge in [0.15, 0.2) is 5.96 Å². The zero-order valence-corrected chi connectivity index (χ0v) is 16.8. The number of hydrogen-bond donors (Lipinski definition) is 2. The number of guanidine groups is 1. The van der Waals surface area contributed by atoms with Crippen molar-refractivity contribution < 1.29 is 0 Å². The Morgan fingerprint density at radius 3 is 2.81 bits per heavy atom. The molecule has 0 spiro atoms. The lowest BCUT2D eigenvalue weighted by atomic mass is 10.1. The molecule has 0 aromatic carbocycles. The van der Waals surface area contributed by atoms with Gasteiger partial charge in [0.1, 0.15) is 5.82 Å². The maximum absolute atomic E-state index is 12.3. The number of rotatable bonds is 10. The smallest absolute Gasteiger partial charge is 0.345 e. The summed E-state index contributed by atoms with van der Waals surface area (Å²) in [6.45, 7) is 10.5. The van der Waals surface area contributed by atoms with Crippen LogP contribution in [0.4, 0.5) is 0 Å². The van der Waals surface area contributed by atoms with Gasteiger partial charge in [0, 0.05) is 39.1 Å². The van der Waals surface area contributed by atoms with Crippen LogP contribution in [0.3, 0.4) is 0 Å². The van der Waals surface area contributed by atoms with E-state index in [1.165, 1.54) is 12.8 Å². The first-order valence-corrected chi connectivity index (χ1v) is 10.3. The zero-order valence-electron chi connectivity index (χ0n) is 16.8. The van der Waals surface area contributed by atoms with Crippen LogP contribution in [0.2, 0.25) is 0 Å². The van der Waals surface area contributed by atoms with Gasteiger partial charge >= 0.3 is 5.69 Å². The van der Waals surface area contributed by atoms with E-state index >= 15 is 0 Å². The standard InChI is InChI=1S/C19H36N6O/c1-4-20-18(21-12-7-5-10-16(2)3)22-13-9-15-25-19(26)24-14-8-6-11-17(24)23-25/h16H,4-15H2,1-3H3,(H2,20,21,22). The Kier molecular flexibility index (Phi) is 8.71. The Hall–Kier alpha value is -1.79. The molecule has 0 atom stereocenters. The summed E-state index contributed by atoms with van der Waals surface area (Å²) in [5.74, 6) is 2.59. The molecule has 7 heteroatoms. The number of nitrogens with zero attached hydrogens (tertiary/aromatic N) is 4. The fraction of sp³-hybridized carbons (Fsp3) is 0.842. The molecule has 0 amide bonds. The number of aryl methyl sites for hydroxylation is 2. The number of unbranched alkanes of at least 4 members (excludes halogenated alkanes) is 1. The Balaban J connectivity index is 1.74. The van der Waals surface area contributed by atoms with Crippen molar-refractivity contribution in [2.75, 3.05) is 19.6 Å². The fourth-order valence-corrected chi connectivity index (χ4v) is 3.23. The van der Waals surface area contributed by atoms with Crippen LogP contribution in [-0.4, -0.2) is 39.9 Å². The molecule has 7 nitrogen and oxygen atoms in total. The second kappa shape index (κ2) is 11.0. The normalized spacial score (nSPS) is 14.5. The van der Waals surface area contributed by atoms with Crippen LogP contribution in [0.25, 0.3) is 0 Å². The van der Waals surface area contributed by atoms with Gasteiger partial charge in [0.05, 0.1) is 0 Å². The van der Waals surface area contributed by atoms with Gasteiger partial charge in [-0.05, 0) is 38.5 Å². The van der Waals surface area contributed by atoms with E-state index in [1.807, 2.05) is 4.57 Å². The first kappa shape index (κ1) is 20.5. The average Bonchev–Trinajstić information content (AvgIpc) is 2.94. The summed E-state index contributed by atoms with van der Waals surface area (Å²) in [7, 11) is 0. The number of hydrogen-bond acceptors (Lipinski definition) is 3. The number of fused-ring (bicyclic) bond motifs is 1. The summed E-state index contributed by atoms with van der Waals surface area (Å²) in [5, 5.41) is 11.2. The molecule has 1 aromatic rings.